The molecule has 2 N–H and O–H groups in total. The predicted molar refractivity (Wildman–Crippen MR) is 91.0 cm³/mol. The second kappa shape index (κ2) is 6.47. The number of amides is 2. The molecule has 6 nitrogen and oxygen atoms in total. The van der Waals surface area contributed by atoms with E-state index in [1.165, 1.54) is 0 Å². The van der Waals surface area contributed by atoms with E-state index in [2.05, 4.69) is 4.98 Å². The lowest BCUT2D eigenvalue weighted by Crippen LogP contribution is -2.38. The lowest BCUT2D eigenvalue weighted by atomic mass is 9.97. The molecule has 6 heteroatoms. The van der Waals surface area contributed by atoms with E-state index in [0.29, 0.717) is 6.54 Å². The van der Waals surface area contributed by atoms with Gasteiger partial charge in [0.05, 0.1) is 0 Å². The highest BCUT2D eigenvalue weighted by molar-refractivity contribution is 5.90. The van der Waals surface area contributed by atoms with Gasteiger partial charge in [-0.3, -0.25) is 9.59 Å². The maximum atomic E-state index is 11.7. The van der Waals surface area contributed by atoms with Crippen molar-refractivity contribution >= 4 is 11.8 Å². The number of imidazole rings is 1. The normalized spacial score (nSPS) is 17.8. The van der Waals surface area contributed by atoms with Gasteiger partial charge >= 0.3 is 0 Å². The average molecular weight is 326 g/mol. The summed E-state index contributed by atoms with van der Waals surface area (Å²) in [6, 6.07) is 8.03. The third-order valence-corrected chi connectivity index (χ3v) is 4.53. The number of nitrogens with two attached hydrogens (primary N) is 1. The van der Waals surface area contributed by atoms with Gasteiger partial charge in [-0.05, 0) is 31.9 Å². The van der Waals surface area contributed by atoms with Gasteiger partial charge in [0.15, 0.2) is 0 Å². The number of hydrogen-bond acceptors (Lipinski definition) is 3. The van der Waals surface area contributed by atoms with Gasteiger partial charge in [0, 0.05) is 37.8 Å². The van der Waals surface area contributed by atoms with Crippen LogP contribution in [-0.2, 0) is 4.79 Å². The fourth-order valence-corrected chi connectivity index (χ4v) is 3.19. The van der Waals surface area contributed by atoms with Crippen molar-refractivity contribution in [2.45, 2.75) is 32.6 Å². The molecule has 1 aromatic heterocycles. The molecule has 2 heterocycles. The molecule has 1 aliphatic heterocycles. The first-order valence-corrected chi connectivity index (χ1v) is 8.17. The predicted octanol–water partition coefficient (Wildman–Crippen LogP) is 2.01. The molecule has 24 heavy (non-hydrogen) atoms. The van der Waals surface area contributed by atoms with E-state index in [-0.39, 0.29) is 17.5 Å². The van der Waals surface area contributed by atoms with Gasteiger partial charge in [-0.1, -0.05) is 17.7 Å². The molecule has 2 amide bonds. The smallest absolute Gasteiger partial charge is 0.268 e. The summed E-state index contributed by atoms with van der Waals surface area (Å²) in [6.45, 7) is 5.01. The Bertz CT molecular complexity index is 764. The van der Waals surface area contributed by atoms with E-state index in [1.54, 1.807) is 13.1 Å². The minimum absolute atomic E-state index is 0.0725. The molecule has 3 rings (SSSR count). The van der Waals surface area contributed by atoms with Gasteiger partial charge in [-0.25, -0.2) is 4.98 Å². The summed E-state index contributed by atoms with van der Waals surface area (Å²) in [5.74, 6) is 0.417. The van der Waals surface area contributed by atoms with E-state index < -0.39 is 5.91 Å². The molecular weight excluding hydrogens is 304 g/mol. The zero-order valence-corrected chi connectivity index (χ0v) is 14.0. The number of aromatic nitrogens is 2. The standard InChI is InChI=1S/C18H22N4O2/c1-12-5-7-15(8-6-12)22-11-16(17(19)24)20-18(22)14-4-3-9-21(10-14)13(2)23/h5-8,11,14H,3-4,9-10H2,1-2H3,(H2,19,24). The number of piperidine rings is 1. The van der Waals surface area contributed by atoms with Crippen molar-refractivity contribution in [1.82, 2.24) is 14.5 Å². The summed E-state index contributed by atoms with van der Waals surface area (Å²) >= 11 is 0. The van der Waals surface area contributed by atoms with Crippen LogP contribution in [0.1, 0.15) is 47.6 Å². The zero-order valence-electron chi connectivity index (χ0n) is 14.0. The number of carbonyl (C=O) groups is 2. The van der Waals surface area contributed by atoms with Crippen LogP contribution in [0.25, 0.3) is 5.69 Å². The number of hydrogen-bond donors (Lipinski definition) is 1. The molecule has 1 saturated heterocycles. The Labute approximate surface area is 141 Å². The molecule has 1 aromatic carbocycles. The Morgan fingerprint density at radius 1 is 1.25 bits per heavy atom. The maximum absolute atomic E-state index is 11.7. The Hall–Kier alpha value is -2.63. The van der Waals surface area contributed by atoms with Crippen molar-refractivity contribution in [3.05, 3.63) is 47.5 Å². The monoisotopic (exact) mass is 326 g/mol. The quantitative estimate of drug-likeness (QED) is 0.936. The Balaban J connectivity index is 2.01. The number of benzene rings is 1. The van der Waals surface area contributed by atoms with E-state index in [0.717, 1.165) is 36.5 Å². The van der Waals surface area contributed by atoms with Crippen LogP contribution in [0.4, 0.5) is 0 Å². The fraction of sp³-hybridized carbons (Fsp3) is 0.389. The highest BCUT2D eigenvalue weighted by Gasteiger charge is 2.27. The molecule has 126 valence electrons. The number of likely N-dealkylation sites (tertiary alicyclic amines) is 1. The Morgan fingerprint density at radius 3 is 2.58 bits per heavy atom. The summed E-state index contributed by atoms with van der Waals surface area (Å²) in [4.78, 5) is 29.6. The van der Waals surface area contributed by atoms with Gasteiger partial charge in [-0.15, -0.1) is 0 Å². The first kappa shape index (κ1) is 16.2. The molecule has 0 aliphatic carbocycles. The molecule has 1 atom stereocenters. The van der Waals surface area contributed by atoms with Crippen LogP contribution >= 0.6 is 0 Å². The molecule has 1 unspecified atom stereocenters. The SMILES string of the molecule is CC(=O)N1CCCC(c2nc(C(N)=O)cn2-c2ccc(C)cc2)C1. The number of carbonyl (C=O) groups excluding carboxylic acids is 2. The summed E-state index contributed by atoms with van der Waals surface area (Å²) < 4.78 is 1.92. The first-order valence-electron chi connectivity index (χ1n) is 8.17. The molecule has 0 bridgehead atoms. The summed E-state index contributed by atoms with van der Waals surface area (Å²) in [6.07, 6.45) is 3.55. The summed E-state index contributed by atoms with van der Waals surface area (Å²) in [7, 11) is 0. The van der Waals surface area contributed by atoms with Crippen LogP contribution in [0.3, 0.4) is 0 Å². The minimum atomic E-state index is -0.540. The number of primary amides is 1. The van der Waals surface area contributed by atoms with Crippen LogP contribution in [0, 0.1) is 6.92 Å². The Kier molecular flexibility index (Phi) is 4.38. The van der Waals surface area contributed by atoms with Gasteiger partial charge in [-0.2, -0.15) is 0 Å². The first-order chi connectivity index (χ1) is 11.5. The highest BCUT2D eigenvalue weighted by Crippen LogP contribution is 2.28. The van der Waals surface area contributed by atoms with E-state index >= 15 is 0 Å². The number of aryl methyl sites for hydroxylation is 1. The van der Waals surface area contributed by atoms with Crippen LogP contribution in [0.15, 0.2) is 30.5 Å². The molecule has 0 spiro atoms. The fourth-order valence-electron chi connectivity index (χ4n) is 3.19. The molecule has 1 fully saturated rings. The van der Waals surface area contributed by atoms with Crippen molar-refractivity contribution in [3.8, 4) is 5.69 Å². The minimum Gasteiger partial charge on any atom is -0.364 e. The molecule has 2 aromatic rings. The molecular formula is C18H22N4O2. The van der Waals surface area contributed by atoms with Gasteiger partial charge < -0.3 is 15.2 Å². The van der Waals surface area contributed by atoms with Crippen molar-refractivity contribution in [1.29, 1.82) is 0 Å². The van der Waals surface area contributed by atoms with Crippen LogP contribution in [0.5, 0.6) is 0 Å². The second-order valence-corrected chi connectivity index (χ2v) is 6.36. The van der Waals surface area contributed by atoms with Crippen molar-refractivity contribution in [2.75, 3.05) is 13.1 Å². The molecule has 1 aliphatic rings. The van der Waals surface area contributed by atoms with Crippen molar-refractivity contribution in [2.24, 2.45) is 5.73 Å². The topological polar surface area (TPSA) is 81.2 Å². The lowest BCUT2D eigenvalue weighted by Gasteiger charge is -2.32. The molecule has 0 saturated carbocycles. The van der Waals surface area contributed by atoms with E-state index in [4.69, 9.17) is 5.73 Å². The zero-order chi connectivity index (χ0) is 17.3. The van der Waals surface area contributed by atoms with Gasteiger partial charge in [0.2, 0.25) is 5.91 Å². The van der Waals surface area contributed by atoms with E-state index in [9.17, 15) is 9.59 Å². The third-order valence-electron chi connectivity index (χ3n) is 4.53. The van der Waals surface area contributed by atoms with Crippen molar-refractivity contribution in [3.63, 3.8) is 0 Å². The van der Waals surface area contributed by atoms with Crippen LogP contribution in [0.2, 0.25) is 0 Å². The van der Waals surface area contributed by atoms with Crippen LogP contribution in [-0.4, -0.2) is 39.4 Å². The number of rotatable bonds is 3. The lowest BCUT2D eigenvalue weighted by molar-refractivity contribution is -0.130. The van der Waals surface area contributed by atoms with Crippen molar-refractivity contribution < 1.29 is 9.59 Å². The number of nitrogens with zero attached hydrogens (tertiary/aromatic N) is 3. The largest absolute Gasteiger partial charge is 0.364 e. The van der Waals surface area contributed by atoms with Crippen LogP contribution < -0.4 is 5.73 Å². The molecule has 0 radical (unpaired) electrons. The van der Waals surface area contributed by atoms with Gasteiger partial charge in [0.1, 0.15) is 11.5 Å². The third kappa shape index (κ3) is 3.18. The van der Waals surface area contributed by atoms with Gasteiger partial charge in [0.25, 0.3) is 5.91 Å². The highest BCUT2D eigenvalue weighted by atomic mass is 16.2. The maximum Gasteiger partial charge on any atom is 0.268 e. The second-order valence-electron chi connectivity index (χ2n) is 6.36. The summed E-state index contributed by atoms with van der Waals surface area (Å²) in [5, 5.41) is 0. The Morgan fingerprint density at radius 2 is 1.96 bits per heavy atom. The summed E-state index contributed by atoms with van der Waals surface area (Å²) in [5.41, 5.74) is 7.78. The van der Waals surface area contributed by atoms with E-state index in [1.807, 2.05) is 40.7 Å². The average Bonchev–Trinajstić information content (AvgIpc) is 3.01.